The fraction of sp³-hybridized carbons (Fsp3) is 0.500. The zero-order valence-electron chi connectivity index (χ0n) is 7.04. The zero-order valence-corrected chi connectivity index (χ0v) is 5.04. The Labute approximate surface area is 53.7 Å². The topological polar surface area (TPSA) is 0 Å². The Morgan fingerprint density at radius 2 is 1.88 bits per heavy atom. The lowest BCUT2D eigenvalue weighted by molar-refractivity contribution is 0.682. The molecule has 0 saturated heterocycles. The molecule has 0 bridgehead atoms. The maximum Gasteiger partial charge on any atom is 0.0541 e. The number of rotatable bonds is 0. The summed E-state index contributed by atoms with van der Waals surface area (Å²) < 4.78 is 14.2. The molecule has 0 radical (unpaired) electrons. The molecule has 0 amide bonds. The van der Waals surface area contributed by atoms with Crippen molar-refractivity contribution in [3.05, 3.63) is 24.3 Å². The van der Waals surface area contributed by atoms with Crippen LogP contribution in [0.4, 0.5) is 0 Å². The SMILES string of the molecule is [2H]C([2H])=C1CCCCC1=C. The molecule has 0 unspecified atom stereocenters. The highest BCUT2D eigenvalue weighted by Gasteiger charge is 2.05. The first kappa shape index (κ1) is 3.49. The number of allylic oxidation sites excluding steroid dienone is 2. The van der Waals surface area contributed by atoms with Gasteiger partial charge in [0.15, 0.2) is 0 Å². The minimum absolute atomic E-state index is 0.0373. The summed E-state index contributed by atoms with van der Waals surface area (Å²) in [5, 5.41) is 0. The van der Waals surface area contributed by atoms with Crippen LogP contribution in [0.3, 0.4) is 0 Å². The van der Waals surface area contributed by atoms with Crippen molar-refractivity contribution in [1.29, 1.82) is 0 Å². The van der Waals surface area contributed by atoms with E-state index in [1.54, 1.807) is 0 Å². The minimum atomic E-state index is -0.0373. The van der Waals surface area contributed by atoms with Crippen LogP contribution in [0.15, 0.2) is 24.3 Å². The Morgan fingerprint density at radius 3 is 2.25 bits per heavy atom. The van der Waals surface area contributed by atoms with E-state index in [4.69, 9.17) is 2.74 Å². The fourth-order valence-corrected chi connectivity index (χ4v) is 0.968. The van der Waals surface area contributed by atoms with Crippen molar-refractivity contribution in [1.82, 2.24) is 0 Å². The van der Waals surface area contributed by atoms with E-state index in [9.17, 15) is 0 Å². The third-order valence-electron chi connectivity index (χ3n) is 1.58. The van der Waals surface area contributed by atoms with Gasteiger partial charge in [-0.1, -0.05) is 24.3 Å². The summed E-state index contributed by atoms with van der Waals surface area (Å²) >= 11 is 0. The van der Waals surface area contributed by atoms with Crippen molar-refractivity contribution < 1.29 is 2.74 Å². The van der Waals surface area contributed by atoms with E-state index >= 15 is 0 Å². The van der Waals surface area contributed by atoms with Gasteiger partial charge in [-0.15, -0.1) is 0 Å². The molecule has 0 aromatic heterocycles. The Bertz CT molecular complexity index is 176. The monoisotopic (exact) mass is 110 g/mol. The molecule has 1 rings (SSSR count). The van der Waals surface area contributed by atoms with Crippen molar-refractivity contribution in [2.75, 3.05) is 0 Å². The lowest BCUT2D eigenvalue weighted by Gasteiger charge is -2.14. The van der Waals surface area contributed by atoms with Crippen molar-refractivity contribution in [3.8, 4) is 0 Å². The van der Waals surface area contributed by atoms with Crippen LogP contribution in [-0.4, -0.2) is 0 Å². The van der Waals surface area contributed by atoms with E-state index in [2.05, 4.69) is 6.58 Å². The molecule has 0 aromatic rings. The van der Waals surface area contributed by atoms with Gasteiger partial charge < -0.3 is 0 Å². The highest BCUT2D eigenvalue weighted by molar-refractivity contribution is 5.26. The highest BCUT2D eigenvalue weighted by Crippen LogP contribution is 2.24. The molecule has 0 N–H and O–H groups in total. The first-order valence-electron chi connectivity index (χ1n) is 4.06. The van der Waals surface area contributed by atoms with Crippen LogP contribution in [0.5, 0.6) is 0 Å². The molecule has 0 heterocycles. The average molecular weight is 110 g/mol. The highest BCUT2D eigenvalue weighted by atomic mass is 14.1. The van der Waals surface area contributed by atoms with Crippen LogP contribution in [-0.2, 0) is 0 Å². The molecule has 0 nitrogen and oxygen atoms in total. The Hall–Kier alpha value is -0.520. The van der Waals surface area contributed by atoms with E-state index in [0.29, 0.717) is 0 Å². The van der Waals surface area contributed by atoms with Gasteiger partial charge in [-0.25, -0.2) is 0 Å². The Balaban J connectivity index is 2.75. The van der Waals surface area contributed by atoms with Crippen LogP contribution in [0.2, 0.25) is 0 Å². The van der Waals surface area contributed by atoms with E-state index < -0.39 is 0 Å². The van der Waals surface area contributed by atoms with Gasteiger partial charge in [0.25, 0.3) is 0 Å². The molecule has 1 fully saturated rings. The molecule has 44 valence electrons. The van der Waals surface area contributed by atoms with Gasteiger partial charge in [0.1, 0.15) is 0 Å². The minimum Gasteiger partial charge on any atom is -0.0956 e. The van der Waals surface area contributed by atoms with Crippen molar-refractivity contribution in [2.45, 2.75) is 25.7 Å². The summed E-state index contributed by atoms with van der Waals surface area (Å²) in [5.74, 6) is 0. The molecule has 8 heavy (non-hydrogen) atoms. The molecule has 0 aliphatic heterocycles. The summed E-state index contributed by atoms with van der Waals surface area (Å²) in [6, 6.07) is 0. The summed E-state index contributed by atoms with van der Waals surface area (Å²) in [7, 11) is 0. The molecule has 0 atom stereocenters. The van der Waals surface area contributed by atoms with Gasteiger partial charge in [0.2, 0.25) is 0 Å². The molecule has 1 aliphatic rings. The second-order valence-corrected chi connectivity index (χ2v) is 2.29. The first-order chi connectivity index (χ1) is 4.72. The predicted octanol–water partition coefficient (Wildman–Crippen LogP) is 2.67. The van der Waals surface area contributed by atoms with Gasteiger partial charge in [-0.3, -0.25) is 0 Å². The van der Waals surface area contributed by atoms with E-state index in [0.717, 1.165) is 30.4 Å². The van der Waals surface area contributed by atoms with Crippen LogP contribution >= 0.6 is 0 Å². The van der Waals surface area contributed by atoms with Crippen LogP contribution in [0.1, 0.15) is 28.4 Å². The zero-order chi connectivity index (χ0) is 7.56. The lowest BCUT2D eigenvalue weighted by Crippen LogP contribution is -1.94. The van der Waals surface area contributed by atoms with Crippen molar-refractivity contribution >= 4 is 0 Å². The van der Waals surface area contributed by atoms with Crippen molar-refractivity contribution in [2.24, 2.45) is 0 Å². The Kier molecular flexibility index (Phi) is 0.946. The first-order valence-corrected chi connectivity index (χ1v) is 3.06. The lowest BCUT2D eigenvalue weighted by atomic mass is 9.92. The maximum atomic E-state index is 7.09. The largest absolute Gasteiger partial charge is 0.0956 e. The number of hydrogen-bond acceptors (Lipinski definition) is 0. The van der Waals surface area contributed by atoms with Gasteiger partial charge >= 0.3 is 0 Å². The molecule has 0 spiro atoms. The van der Waals surface area contributed by atoms with Crippen LogP contribution in [0, 0.1) is 0 Å². The molecule has 0 aromatic carbocycles. The van der Waals surface area contributed by atoms with E-state index in [-0.39, 0.29) is 6.53 Å². The molecular weight excluding hydrogens is 96.1 g/mol. The second-order valence-electron chi connectivity index (χ2n) is 2.29. The quantitative estimate of drug-likeness (QED) is 0.449. The van der Waals surface area contributed by atoms with Crippen LogP contribution in [0.25, 0.3) is 0 Å². The molecular formula is C8H12. The molecule has 1 saturated carbocycles. The van der Waals surface area contributed by atoms with Gasteiger partial charge in [-0.05, 0) is 25.7 Å². The van der Waals surface area contributed by atoms with Crippen LogP contribution < -0.4 is 0 Å². The summed E-state index contributed by atoms with van der Waals surface area (Å²) in [6.45, 7) is 3.78. The molecule has 1 aliphatic carbocycles. The third kappa shape index (κ3) is 1.00. The predicted molar refractivity (Wildman–Crippen MR) is 36.7 cm³/mol. The summed E-state index contributed by atoms with van der Waals surface area (Å²) in [6.07, 6.45) is 4.17. The van der Waals surface area contributed by atoms with Gasteiger partial charge in [0.05, 0.1) is 2.74 Å². The Morgan fingerprint density at radius 1 is 1.25 bits per heavy atom. The summed E-state index contributed by atoms with van der Waals surface area (Å²) in [4.78, 5) is 0. The average Bonchev–Trinajstić information content (AvgIpc) is 1.88. The molecule has 0 heteroatoms. The van der Waals surface area contributed by atoms with E-state index in [1.807, 2.05) is 0 Å². The second kappa shape index (κ2) is 2.17. The standard InChI is InChI=1S/C8H12/c1-7-5-3-4-6-8(7)2/h1-6H2/i1D2. The number of hydrogen-bond donors (Lipinski definition) is 0. The normalized spacial score (nSPS) is 24.5. The van der Waals surface area contributed by atoms with E-state index in [1.165, 1.54) is 6.42 Å². The summed E-state index contributed by atoms with van der Waals surface area (Å²) in [5.41, 5.74) is 1.87. The fourth-order valence-electron chi connectivity index (χ4n) is 0.968. The van der Waals surface area contributed by atoms with Crippen molar-refractivity contribution in [3.63, 3.8) is 0 Å². The van der Waals surface area contributed by atoms with Gasteiger partial charge in [0, 0.05) is 0 Å². The van der Waals surface area contributed by atoms with Gasteiger partial charge in [-0.2, -0.15) is 0 Å². The maximum absolute atomic E-state index is 7.09. The smallest absolute Gasteiger partial charge is 0.0541 e. The third-order valence-corrected chi connectivity index (χ3v) is 1.58.